The summed E-state index contributed by atoms with van der Waals surface area (Å²) in [5.74, 6) is 0.894. The standard InChI is InChI=1S/C13H18N2OS/c1-3-8-14-13-15-12-10(16-9-4-2)6-5-7-11(12)17-13/h5-7H,3-4,8-9H2,1-2H3,(H,14,15). The van der Waals surface area contributed by atoms with Gasteiger partial charge >= 0.3 is 0 Å². The van der Waals surface area contributed by atoms with E-state index in [1.807, 2.05) is 12.1 Å². The number of aromatic nitrogens is 1. The molecule has 0 saturated heterocycles. The molecule has 0 fully saturated rings. The van der Waals surface area contributed by atoms with Gasteiger partial charge in [-0.15, -0.1) is 0 Å². The molecule has 0 aliphatic rings. The van der Waals surface area contributed by atoms with E-state index in [4.69, 9.17) is 4.74 Å². The minimum Gasteiger partial charge on any atom is -0.491 e. The van der Waals surface area contributed by atoms with Crippen LogP contribution in [0.1, 0.15) is 26.7 Å². The van der Waals surface area contributed by atoms with Crippen LogP contribution in [0.2, 0.25) is 0 Å². The first-order valence-electron chi connectivity index (χ1n) is 6.11. The third kappa shape index (κ3) is 2.88. The third-order valence-corrected chi connectivity index (χ3v) is 3.35. The van der Waals surface area contributed by atoms with Crippen molar-refractivity contribution in [1.82, 2.24) is 4.98 Å². The Morgan fingerprint density at radius 1 is 1.29 bits per heavy atom. The largest absolute Gasteiger partial charge is 0.491 e. The topological polar surface area (TPSA) is 34.2 Å². The Labute approximate surface area is 106 Å². The molecule has 1 aromatic carbocycles. The number of nitrogens with zero attached hydrogens (tertiary/aromatic N) is 1. The molecule has 0 aliphatic heterocycles. The number of rotatable bonds is 6. The third-order valence-electron chi connectivity index (χ3n) is 2.37. The van der Waals surface area contributed by atoms with Gasteiger partial charge in [0, 0.05) is 6.54 Å². The highest BCUT2D eigenvalue weighted by Crippen LogP contribution is 2.32. The van der Waals surface area contributed by atoms with Crippen molar-refractivity contribution in [3.05, 3.63) is 18.2 Å². The first-order valence-corrected chi connectivity index (χ1v) is 6.93. The summed E-state index contributed by atoms with van der Waals surface area (Å²) < 4.78 is 6.88. The molecule has 17 heavy (non-hydrogen) atoms. The minimum atomic E-state index is 0.744. The van der Waals surface area contributed by atoms with E-state index in [-0.39, 0.29) is 0 Å². The molecule has 0 spiro atoms. The highest BCUT2D eigenvalue weighted by atomic mass is 32.1. The number of fused-ring (bicyclic) bond motifs is 1. The van der Waals surface area contributed by atoms with Crippen LogP contribution >= 0.6 is 11.3 Å². The Balaban J connectivity index is 2.25. The number of hydrogen-bond donors (Lipinski definition) is 1. The fourth-order valence-electron chi connectivity index (χ4n) is 1.56. The summed E-state index contributed by atoms with van der Waals surface area (Å²) >= 11 is 1.68. The van der Waals surface area contributed by atoms with Gasteiger partial charge in [0.25, 0.3) is 0 Å². The molecule has 92 valence electrons. The van der Waals surface area contributed by atoms with Crippen LogP contribution in [0.3, 0.4) is 0 Å². The van der Waals surface area contributed by atoms with Crippen LogP contribution in [-0.4, -0.2) is 18.1 Å². The van der Waals surface area contributed by atoms with Gasteiger partial charge in [-0.1, -0.05) is 31.3 Å². The van der Waals surface area contributed by atoms with E-state index in [0.717, 1.165) is 42.4 Å². The van der Waals surface area contributed by atoms with Crippen LogP contribution in [0, 0.1) is 0 Å². The zero-order valence-corrected chi connectivity index (χ0v) is 11.1. The van der Waals surface area contributed by atoms with Crippen LogP contribution < -0.4 is 10.1 Å². The van der Waals surface area contributed by atoms with E-state index in [2.05, 4.69) is 30.2 Å². The lowest BCUT2D eigenvalue weighted by molar-refractivity contribution is 0.320. The summed E-state index contributed by atoms with van der Waals surface area (Å²) in [4.78, 5) is 4.59. The number of thiazole rings is 1. The fourth-order valence-corrected chi connectivity index (χ4v) is 2.47. The van der Waals surface area contributed by atoms with E-state index in [0.29, 0.717) is 0 Å². The molecule has 1 heterocycles. The van der Waals surface area contributed by atoms with E-state index in [1.54, 1.807) is 11.3 Å². The monoisotopic (exact) mass is 250 g/mol. The summed E-state index contributed by atoms with van der Waals surface area (Å²) in [5.41, 5.74) is 0.976. The second-order valence-electron chi connectivity index (χ2n) is 3.90. The lowest BCUT2D eigenvalue weighted by atomic mass is 10.3. The van der Waals surface area contributed by atoms with Crippen molar-refractivity contribution < 1.29 is 4.74 Å². The van der Waals surface area contributed by atoms with Crippen molar-refractivity contribution in [3.8, 4) is 5.75 Å². The molecule has 1 aromatic heterocycles. The molecule has 1 N–H and O–H groups in total. The van der Waals surface area contributed by atoms with Gasteiger partial charge in [0.2, 0.25) is 0 Å². The average Bonchev–Trinajstić information content (AvgIpc) is 2.77. The Hall–Kier alpha value is -1.29. The van der Waals surface area contributed by atoms with E-state index < -0.39 is 0 Å². The summed E-state index contributed by atoms with van der Waals surface area (Å²) in [6.07, 6.45) is 2.12. The number of hydrogen-bond acceptors (Lipinski definition) is 4. The van der Waals surface area contributed by atoms with Crippen LogP contribution in [0.15, 0.2) is 18.2 Å². The van der Waals surface area contributed by atoms with Gasteiger partial charge in [-0.2, -0.15) is 0 Å². The molecule has 0 bridgehead atoms. The predicted octanol–water partition coefficient (Wildman–Crippen LogP) is 3.91. The van der Waals surface area contributed by atoms with Gasteiger partial charge in [-0.25, -0.2) is 4.98 Å². The number of benzene rings is 1. The lowest BCUT2D eigenvalue weighted by Crippen LogP contribution is -1.98. The van der Waals surface area contributed by atoms with Crippen LogP contribution in [0.5, 0.6) is 5.75 Å². The van der Waals surface area contributed by atoms with Gasteiger partial charge in [0.05, 0.1) is 11.3 Å². The molecule has 3 nitrogen and oxygen atoms in total. The SMILES string of the molecule is CCCNc1nc2c(OCCC)cccc2s1. The number of anilines is 1. The molecular weight excluding hydrogens is 232 g/mol. The van der Waals surface area contributed by atoms with Crippen molar-refractivity contribution in [2.45, 2.75) is 26.7 Å². The van der Waals surface area contributed by atoms with E-state index in [1.165, 1.54) is 4.70 Å². The molecule has 0 amide bonds. The van der Waals surface area contributed by atoms with Crippen molar-refractivity contribution >= 4 is 26.7 Å². The first kappa shape index (κ1) is 12.2. The normalized spacial score (nSPS) is 10.7. The zero-order chi connectivity index (χ0) is 12.1. The Morgan fingerprint density at radius 3 is 2.94 bits per heavy atom. The second kappa shape index (κ2) is 5.87. The maximum absolute atomic E-state index is 5.70. The predicted molar refractivity (Wildman–Crippen MR) is 74.2 cm³/mol. The molecule has 0 saturated carbocycles. The summed E-state index contributed by atoms with van der Waals surface area (Å²) in [6, 6.07) is 6.10. The average molecular weight is 250 g/mol. The van der Waals surface area contributed by atoms with Crippen molar-refractivity contribution in [1.29, 1.82) is 0 Å². The number of para-hydroxylation sites is 1. The van der Waals surface area contributed by atoms with E-state index >= 15 is 0 Å². The molecule has 0 radical (unpaired) electrons. The lowest BCUT2D eigenvalue weighted by Gasteiger charge is -2.03. The maximum atomic E-state index is 5.70. The zero-order valence-electron chi connectivity index (χ0n) is 10.3. The highest BCUT2D eigenvalue weighted by molar-refractivity contribution is 7.22. The smallest absolute Gasteiger partial charge is 0.183 e. The summed E-state index contributed by atoms with van der Waals surface area (Å²) in [7, 11) is 0. The Kier molecular flexibility index (Phi) is 4.20. The molecule has 0 unspecified atom stereocenters. The number of nitrogens with one attached hydrogen (secondary N) is 1. The van der Waals surface area contributed by atoms with Gasteiger partial charge in [0.15, 0.2) is 5.13 Å². The van der Waals surface area contributed by atoms with Crippen LogP contribution in [-0.2, 0) is 0 Å². The first-order chi connectivity index (χ1) is 8.35. The van der Waals surface area contributed by atoms with Gasteiger partial charge in [-0.05, 0) is 25.0 Å². The van der Waals surface area contributed by atoms with Gasteiger partial charge < -0.3 is 10.1 Å². The van der Waals surface area contributed by atoms with E-state index in [9.17, 15) is 0 Å². The van der Waals surface area contributed by atoms with Crippen LogP contribution in [0.25, 0.3) is 10.2 Å². The number of ether oxygens (including phenoxy) is 1. The summed E-state index contributed by atoms with van der Waals surface area (Å²) in [6.45, 7) is 5.96. The summed E-state index contributed by atoms with van der Waals surface area (Å²) in [5, 5.41) is 4.30. The second-order valence-corrected chi connectivity index (χ2v) is 4.93. The molecule has 2 rings (SSSR count). The fraction of sp³-hybridized carbons (Fsp3) is 0.462. The quantitative estimate of drug-likeness (QED) is 0.844. The molecule has 4 heteroatoms. The molecule has 0 atom stereocenters. The molecule has 2 aromatic rings. The van der Waals surface area contributed by atoms with Crippen molar-refractivity contribution in [2.75, 3.05) is 18.5 Å². The van der Waals surface area contributed by atoms with Gasteiger partial charge in [0.1, 0.15) is 11.3 Å². The Morgan fingerprint density at radius 2 is 2.18 bits per heavy atom. The molecular formula is C13H18N2OS. The highest BCUT2D eigenvalue weighted by Gasteiger charge is 2.08. The minimum absolute atomic E-state index is 0.744. The van der Waals surface area contributed by atoms with Crippen LogP contribution in [0.4, 0.5) is 5.13 Å². The van der Waals surface area contributed by atoms with Crippen molar-refractivity contribution in [2.24, 2.45) is 0 Å². The van der Waals surface area contributed by atoms with Crippen molar-refractivity contribution in [3.63, 3.8) is 0 Å². The molecule has 0 aliphatic carbocycles. The Bertz CT molecular complexity index is 481. The van der Waals surface area contributed by atoms with Gasteiger partial charge in [-0.3, -0.25) is 0 Å². The maximum Gasteiger partial charge on any atom is 0.183 e.